The molecule has 0 atom stereocenters. The Morgan fingerprint density at radius 2 is 2.14 bits per heavy atom. The Morgan fingerprint density at radius 3 is 2.79 bits per heavy atom. The number of unbranched alkanes of at least 4 members (excludes halogenated alkanes) is 1. The summed E-state index contributed by atoms with van der Waals surface area (Å²) in [6, 6.07) is 5.63. The first-order valence-electron chi connectivity index (χ1n) is 4.97. The van der Waals surface area contributed by atoms with Crippen LogP contribution in [-0.2, 0) is 0 Å². The van der Waals surface area contributed by atoms with E-state index in [-0.39, 0.29) is 0 Å². The highest BCUT2D eigenvalue weighted by Crippen LogP contribution is 2.23. The van der Waals surface area contributed by atoms with Crippen molar-refractivity contribution in [3.05, 3.63) is 23.8 Å². The van der Waals surface area contributed by atoms with Crippen molar-refractivity contribution in [3.8, 4) is 5.75 Å². The zero-order valence-corrected chi connectivity index (χ0v) is 8.59. The number of phenols is 1. The number of hydrogen-bond acceptors (Lipinski definition) is 3. The summed E-state index contributed by atoms with van der Waals surface area (Å²) in [6.07, 6.45) is 2.05. The lowest BCUT2D eigenvalue weighted by Gasteiger charge is -2.08. The largest absolute Gasteiger partial charge is 0.506 e. The van der Waals surface area contributed by atoms with E-state index >= 15 is 0 Å². The van der Waals surface area contributed by atoms with Crippen LogP contribution in [0.4, 0.5) is 5.69 Å². The van der Waals surface area contributed by atoms with Crippen LogP contribution in [0.5, 0.6) is 5.75 Å². The summed E-state index contributed by atoms with van der Waals surface area (Å²) in [5.41, 5.74) is 7.24. The second-order valence-corrected chi connectivity index (χ2v) is 3.44. The van der Waals surface area contributed by atoms with Crippen molar-refractivity contribution < 1.29 is 5.11 Å². The zero-order chi connectivity index (χ0) is 10.4. The Kier molecular flexibility index (Phi) is 4.26. The number of hydrogen-bond donors (Lipinski definition) is 3. The van der Waals surface area contributed by atoms with Crippen LogP contribution >= 0.6 is 0 Å². The molecule has 1 aromatic carbocycles. The third-order valence-electron chi connectivity index (χ3n) is 2.10. The van der Waals surface area contributed by atoms with Crippen LogP contribution in [0.3, 0.4) is 0 Å². The van der Waals surface area contributed by atoms with E-state index in [1.807, 2.05) is 19.1 Å². The van der Waals surface area contributed by atoms with E-state index in [1.165, 1.54) is 0 Å². The highest BCUT2D eigenvalue weighted by atomic mass is 16.3. The predicted octanol–water partition coefficient (Wildman–Crippen LogP) is 1.85. The van der Waals surface area contributed by atoms with Gasteiger partial charge in [-0.25, -0.2) is 0 Å². The van der Waals surface area contributed by atoms with Crippen LogP contribution in [0.15, 0.2) is 18.2 Å². The van der Waals surface area contributed by atoms with Crippen molar-refractivity contribution in [2.45, 2.75) is 19.8 Å². The molecule has 14 heavy (non-hydrogen) atoms. The summed E-state index contributed by atoms with van der Waals surface area (Å²) >= 11 is 0. The van der Waals surface area contributed by atoms with Crippen molar-refractivity contribution in [1.29, 1.82) is 0 Å². The summed E-state index contributed by atoms with van der Waals surface area (Å²) in [5.74, 6) is 0.317. The number of benzene rings is 1. The summed E-state index contributed by atoms with van der Waals surface area (Å²) in [5, 5.41) is 12.7. The fourth-order valence-electron chi connectivity index (χ4n) is 1.28. The molecule has 0 saturated heterocycles. The smallest absolute Gasteiger partial charge is 0.138 e. The third kappa shape index (κ3) is 3.26. The van der Waals surface area contributed by atoms with Crippen molar-refractivity contribution in [3.63, 3.8) is 0 Å². The Balaban J connectivity index is 2.42. The first-order valence-corrected chi connectivity index (χ1v) is 4.97. The molecule has 0 aliphatic rings. The fraction of sp³-hybridized carbons (Fsp3) is 0.455. The number of rotatable bonds is 5. The minimum atomic E-state index is 0.317. The molecule has 0 aliphatic heterocycles. The average molecular weight is 194 g/mol. The summed E-state index contributed by atoms with van der Waals surface area (Å²) in [6.45, 7) is 3.54. The molecule has 3 nitrogen and oxygen atoms in total. The molecule has 4 N–H and O–H groups in total. The van der Waals surface area contributed by atoms with E-state index < -0.39 is 0 Å². The fourth-order valence-corrected chi connectivity index (χ4v) is 1.28. The lowest BCUT2D eigenvalue weighted by molar-refractivity contribution is 0.476. The second kappa shape index (κ2) is 5.50. The van der Waals surface area contributed by atoms with Crippen LogP contribution in [-0.4, -0.2) is 18.2 Å². The molecule has 0 aromatic heterocycles. The molecule has 1 rings (SSSR count). The maximum atomic E-state index is 9.56. The molecule has 0 spiro atoms. The Labute approximate surface area is 84.9 Å². The van der Waals surface area contributed by atoms with Gasteiger partial charge < -0.3 is 16.2 Å². The number of nitrogens with two attached hydrogens (primary N) is 1. The maximum Gasteiger partial charge on any atom is 0.138 e. The van der Waals surface area contributed by atoms with Gasteiger partial charge in [0, 0.05) is 6.54 Å². The normalized spacial score (nSPS) is 10.1. The molecule has 0 unspecified atom stereocenters. The van der Waals surface area contributed by atoms with Gasteiger partial charge in [-0.3, -0.25) is 0 Å². The predicted molar refractivity (Wildman–Crippen MR) is 59.6 cm³/mol. The van der Waals surface area contributed by atoms with Gasteiger partial charge in [-0.1, -0.05) is 6.07 Å². The van der Waals surface area contributed by atoms with Gasteiger partial charge in [-0.15, -0.1) is 0 Å². The molecular formula is C11H18N2O. The van der Waals surface area contributed by atoms with E-state index in [1.54, 1.807) is 6.07 Å². The number of aryl methyl sites for hydroxylation is 1. The lowest BCUT2D eigenvalue weighted by Crippen LogP contribution is -2.05. The molecule has 0 heterocycles. The topological polar surface area (TPSA) is 58.3 Å². The number of anilines is 1. The molecule has 1 aromatic rings. The Hall–Kier alpha value is -1.22. The number of aromatic hydroxyl groups is 1. The molecule has 0 amide bonds. The SMILES string of the molecule is Cc1ccc(NCCCCN)c(O)c1. The minimum Gasteiger partial charge on any atom is -0.506 e. The van der Waals surface area contributed by atoms with Gasteiger partial charge in [-0.05, 0) is 44.0 Å². The average Bonchev–Trinajstić information content (AvgIpc) is 2.15. The molecule has 0 fully saturated rings. The summed E-state index contributed by atoms with van der Waals surface area (Å²) < 4.78 is 0. The highest BCUT2D eigenvalue weighted by molar-refractivity contribution is 5.56. The minimum absolute atomic E-state index is 0.317. The van der Waals surface area contributed by atoms with Crippen molar-refractivity contribution in [2.75, 3.05) is 18.4 Å². The first kappa shape index (κ1) is 10.9. The van der Waals surface area contributed by atoms with E-state index in [4.69, 9.17) is 5.73 Å². The van der Waals surface area contributed by atoms with Crippen molar-refractivity contribution in [1.82, 2.24) is 0 Å². The van der Waals surface area contributed by atoms with Crippen LogP contribution in [0.1, 0.15) is 18.4 Å². The van der Waals surface area contributed by atoms with Gasteiger partial charge in [0.1, 0.15) is 5.75 Å². The molecule has 78 valence electrons. The monoisotopic (exact) mass is 194 g/mol. The Bertz CT molecular complexity index is 287. The van der Waals surface area contributed by atoms with Gasteiger partial charge in [0.2, 0.25) is 0 Å². The van der Waals surface area contributed by atoms with Crippen LogP contribution in [0.2, 0.25) is 0 Å². The van der Waals surface area contributed by atoms with Crippen LogP contribution < -0.4 is 11.1 Å². The summed E-state index contributed by atoms with van der Waals surface area (Å²) in [7, 11) is 0. The molecule has 0 radical (unpaired) electrons. The van der Waals surface area contributed by atoms with Crippen molar-refractivity contribution >= 4 is 5.69 Å². The number of nitrogens with one attached hydrogen (secondary N) is 1. The number of phenolic OH excluding ortho intramolecular Hbond substituents is 1. The molecular weight excluding hydrogens is 176 g/mol. The van der Waals surface area contributed by atoms with E-state index in [2.05, 4.69) is 5.32 Å². The van der Waals surface area contributed by atoms with Crippen LogP contribution in [0.25, 0.3) is 0 Å². The Morgan fingerprint density at radius 1 is 1.36 bits per heavy atom. The molecule has 3 heteroatoms. The van der Waals surface area contributed by atoms with Gasteiger partial charge in [-0.2, -0.15) is 0 Å². The quantitative estimate of drug-likeness (QED) is 0.495. The summed E-state index contributed by atoms with van der Waals surface area (Å²) in [4.78, 5) is 0. The second-order valence-electron chi connectivity index (χ2n) is 3.44. The molecule has 0 saturated carbocycles. The van der Waals surface area contributed by atoms with E-state index in [0.29, 0.717) is 5.75 Å². The van der Waals surface area contributed by atoms with Gasteiger partial charge in [0.25, 0.3) is 0 Å². The van der Waals surface area contributed by atoms with E-state index in [9.17, 15) is 5.11 Å². The first-order chi connectivity index (χ1) is 6.74. The molecule has 0 aliphatic carbocycles. The van der Waals surface area contributed by atoms with Gasteiger partial charge in [0.05, 0.1) is 5.69 Å². The maximum absolute atomic E-state index is 9.56. The van der Waals surface area contributed by atoms with Crippen LogP contribution in [0, 0.1) is 6.92 Å². The lowest BCUT2D eigenvalue weighted by atomic mass is 10.2. The zero-order valence-electron chi connectivity index (χ0n) is 8.59. The van der Waals surface area contributed by atoms with Crippen molar-refractivity contribution in [2.24, 2.45) is 5.73 Å². The molecule has 0 bridgehead atoms. The van der Waals surface area contributed by atoms with E-state index in [0.717, 1.165) is 37.2 Å². The van der Waals surface area contributed by atoms with Gasteiger partial charge in [0.15, 0.2) is 0 Å². The third-order valence-corrected chi connectivity index (χ3v) is 2.10. The van der Waals surface area contributed by atoms with Gasteiger partial charge >= 0.3 is 0 Å². The standard InChI is InChI=1S/C11H18N2O/c1-9-4-5-10(11(14)8-9)13-7-3-2-6-12/h4-5,8,13-14H,2-3,6-7,12H2,1H3. The highest BCUT2D eigenvalue weighted by Gasteiger charge is 1.98.